The van der Waals surface area contributed by atoms with Crippen molar-refractivity contribution >= 4 is 11.6 Å². The summed E-state index contributed by atoms with van der Waals surface area (Å²) >= 11 is 5.60. The molecule has 0 atom stereocenters. The summed E-state index contributed by atoms with van der Waals surface area (Å²) in [5, 5.41) is 0. The quantitative estimate of drug-likeness (QED) is 0.394. The van der Waals surface area contributed by atoms with Gasteiger partial charge in [-0.25, -0.2) is 0 Å². The van der Waals surface area contributed by atoms with Crippen molar-refractivity contribution in [1.29, 1.82) is 0 Å². The molecule has 0 aliphatic rings. The van der Waals surface area contributed by atoms with Crippen LogP contribution in [0.4, 0.5) is 0 Å². The van der Waals surface area contributed by atoms with Gasteiger partial charge >= 0.3 is 0 Å². The second-order valence-electron chi connectivity index (χ2n) is 4.77. The number of hydrogen-bond acceptors (Lipinski definition) is 1. The Bertz CT molecular complexity index is 404. The maximum absolute atomic E-state index is 5.60. The van der Waals surface area contributed by atoms with E-state index in [9.17, 15) is 0 Å². The van der Waals surface area contributed by atoms with Gasteiger partial charge in [0, 0.05) is 11.3 Å². The van der Waals surface area contributed by atoms with Crippen molar-refractivity contribution in [3.63, 3.8) is 0 Å². The molecule has 0 saturated carbocycles. The summed E-state index contributed by atoms with van der Waals surface area (Å²) in [6.45, 7) is 12.8. The van der Waals surface area contributed by atoms with Gasteiger partial charge in [-0.1, -0.05) is 45.2 Å². The summed E-state index contributed by atoms with van der Waals surface area (Å²) in [4.78, 5) is 0. The van der Waals surface area contributed by atoms with Crippen LogP contribution in [0.1, 0.15) is 25.8 Å². The fourth-order valence-electron chi connectivity index (χ4n) is 1.65. The first-order valence-corrected chi connectivity index (χ1v) is 6.67. The zero-order valence-electron chi connectivity index (χ0n) is 11.2. The van der Waals surface area contributed by atoms with E-state index in [0.717, 1.165) is 17.7 Å². The number of hydrogen-bond donors (Lipinski definition) is 0. The molecule has 0 fully saturated rings. The molecule has 1 aromatic carbocycles. The van der Waals surface area contributed by atoms with Gasteiger partial charge < -0.3 is 4.74 Å². The predicted molar refractivity (Wildman–Crippen MR) is 79.6 cm³/mol. The Morgan fingerprint density at radius 1 is 1.33 bits per heavy atom. The van der Waals surface area contributed by atoms with Crippen LogP contribution in [-0.4, -0.2) is 12.5 Å². The first kappa shape index (κ1) is 14.8. The highest BCUT2D eigenvalue weighted by molar-refractivity contribution is 6.17. The molecule has 18 heavy (non-hydrogen) atoms. The van der Waals surface area contributed by atoms with Crippen LogP contribution < -0.4 is 4.74 Å². The molecule has 1 nitrogen and oxygen atoms in total. The average molecular weight is 265 g/mol. The van der Waals surface area contributed by atoms with E-state index in [-0.39, 0.29) is 5.41 Å². The third-order valence-corrected chi connectivity index (χ3v) is 3.44. The lowest BCUT2D eigenvalue weighted by Crippen LogP contribution is -2.18. The highest BCUT2D eigenvalue weighted by atomic mass is 35.5. The molecule has 1 aromatic rings. The summed E-state index contributed by atoms with van der Waals surface area (Å²) in [5.41, 5.74) is 2.12. The Morgan fingerprint density at radius 2 is 1.94 bits per heavy atom. The molecule has 0 radical (unpaired) electrons. The van der Waals surface area contributed by atoms with E-state index in [0.29, 0.717) is 12.5 Å². The van der Waals surface area contributed by atoms with Crippen LogP contribution in [0.2, 0.25) is 0 Å². The van der Waals surface area contributed by atoms with Gasteiger partial charge in [0.25, 0.3) is 0 Å². The van der Waals surface area contributed by atoms with E-state index < -0.39 is 0 Å². The van der Waals surface area contributed by atoms with E-state index in [1.165, 1.54) is 5.56 Å². The topological polar surface area (TPSA) is 9.23 Å². The molecule has 0 aliphatic carbocycles. The van der Waals surface area contributed by atoms with Crippen molar-refractivity contribution in [3.05, 3.63) is 54.6 Å². The smallest absolute Gasteiger partial charge is 0.119 e. The standard InChI is InChI=1S/C16H21ClO/c1-5-13(2)16(3,4)14-7-9-15(10-8-14)18-12-6-11-17/h5,7-10H,1-2,6,11-12H2,3-4H3. The average Bonchev–Trinajstić information content (AvgIpc) is 2.38. The minimum absolute atomic E-state index is 0.101. The molecule has 98 valence electrons. The molecule has 0 aromatic heterocycles. The van der Waals surface area contributed by atoms with Gasteiger partial charge in [0.1, 0.15) is 5.75 Å². The Kier molecular flexibility index (Phi) is 5.49. The molecule has 2 heteroatoms. The summed E-state index contributed by atoms with van der Waals surface area (Å²) in [6, 6.07) is 8.12. The van der Waals surface area contributed by atoms with Gasteiger partial charge in [0.05, 0.1) is 6.61 Å². The van der Waals surface area contributed by atoms with Crippen molar-refractivity contribution < 1.29 is 4.74 Å². The number of ether oxygens (including phenoxy) is 1. The second-order valence-corrected chi connectivity index (χ2v) is 5.15. The van der Waals surface area contributed by atoms with Gasteiger partial charge in [-0.2, -0.15) is 0 Å². The molecule has 0 amide bonds. The van der Waals surface area contributed by atoms with Crippen LogP contribution in [0.25, 0.3) is 0 Å². The number of benzene rings is 1. The predicted octanol–water partition coefficient (Wildman–Crippen LogP) is 4.71. The summed E-state index contributed by atoms with van der Waals surface area (Å²) in [6.07, 6.45) is 2.67. The molecule has 0 saturated heterocycles. The van der Waals surface area contributed by atoms with Gasteiger partial charge in [0.15, 0.2) is 0 Å². The minimum Gasteiger partial charge on any atom is -0.494 e. The number of allylic oxidation sites excluding steroid dienone is 2. The third-order valence-electron chi connectivity index (χ3n) is 3.17. The van der Waals surface area contributed by atoms with Crippen LogP contribution in [0.15, 0.2) is 49.1 Å². The van der Waals surface area contributed by atoms with Crippen LogP contribution in [0, 0.1) is 0 Å². The van der Waals surface area contributed by atoms with Gasteiger partial charge in [-0.15, -0.1) is 11.6 Å². The number of rotatable bonds is 7. The molecule has 0 spiro atoms. The summed E-state index contributed by atoms with van der Waals surface area (Å²) < 4.78 is 5.57. The van der Waals surface area contributed by atoms with Crippen molar-refractivity contribution in [2.75, 3.05) is 12.5 Å². The van der Waals surface area contributed by atoms with Crippen molar-refractivity contribution in [2.24, 2.45) is 0 Å². The third kappa shape index (κ3) is 3.64. The fraction of sp³-hybridized carbons (Fsp3) is 0.375. The molecule has 0 heterocycles. The Balaban J connectivity index is 2.76. The molecular weight excluding hydrogens is 244 g/mol. The Hall–Kier alpha value is -1.21. The molecule has 0 aliphatic heterocycles. The minimum atomic E-state index is -0.101. The molecule has 1 rings (SSSR count). The summed E-state index contributed by atoms with van der Waals surface area (Å²) in [7, 11) is 0. The van der Waals surface area contributed by atoms with Crippen LogP contribution in [0.5, 0.6) is 5.75 Å². The van der Waals surface area contributed by atoms with Crippen LogP contribution in [-0.2, 0) is 5.41 Å². The molecule has 0 unspecified atom stereocenters. The van der Waals surface area contributed by atoms with Gasteiger partial charge in [-0.3, -0.25) is 0 Å². The van der Waals surface area contributed by atoms with E-state index in [1.54, 1.807) is 0 Å². The number of alkyl halides is 1. The highest BCUT2D eigenvalue weighted by Crippen LogP contribution is 2.31. The molecular formula is C16H21ClO. The maximum atomic E-state index is 5.60. The number of halogens is 1. The Labute approximate surface area is 115 Å². The van der Waals surface area contributed by atoms with Gasteiger partial charge in [0.2, 0.25) is 0 Å². The zero-order valence-corrected chi connectivity index (χ0v) is 12.0. The largest absolute Gasteiger partial charge is 0.494 e. The van der Waals surface area contributed by atoms with Gasteiger partial charge in [-0.05, 0) is 29.7 Å². The molecule has 0 N–H and O–H groups in total. The van der Waals surface area contributed by atoms with E-state index in [1.807, 2.05) is 18.2 Å². The maximum Gasteiger partial charge on any atom is 0.119 e. The van der Waals surface area contributed by atoms with E-state index in [2.05, 4.69) is 39.1 Å². The first-order valence-electron chi connectivity index (χ1n) is 6.13. The lowest BCUT2D eigenvalue weighted by Gasteiger charge is -2.26. The van der Waals surface area contributed by atoms with Crippen molar-refractivity contribution in [3.8, 4) is 5.75 Å². The van der Waals surface area contributed by atoms with Crippen LogP contribution in [0.3, 0.4) is 0 Å². The fourth-order valence-corrected chi connectivity index (χ4v) is 1.76. The summed E-state index contributed by atoms with van der Waals surface area (Å²) in [5.74, 6) is 1.51. The lowest BCUT2D eigenvalue weighted by atomic mass is 9.78. The lowest BCUT2D eigenvalue weighted by molar-refractivity contribution is 0.318. The van der Waals surface area contributed by atoms with Crippen molar-refractivity contribution in [2.45, 2.75) is 25.7 Å². The normalized spacial score (nSPS) is 11.1. The first-order chi connectivity index (χ1) is 8.52. The monoisotopic (exact) mass is 264 g/mol. The van der Waals surface area contributed by atoms with Crippen LogP contribution >= 0.6 is 11.6 Å². The highest BCUT2D eigenvalue weighted by Gasteiger charge is 2.22. The van der Waals surface area contributed by atoms with E-state index in [4.69, 9.17) is 16.3 Å². The molecule has 0 bridgehead atoms. The SMILES string of the molecule is C=CC(=C)C(C)(C)c1ccc(OCCCCl)cc1. The van der Waals surface area contributed by atoms with Crippen molar-refractivity contribution in [1.82, 2.24) is 0 Å². The van der Waals surface area contributed by atoms with E-state index >= 15 is 0 Å². The Morgan fingerprint density at radius 3 is 2.44 bits per heavy atom. The second kappa shape index (κ2) is 6.65. The zero-order chi connectivity index (χ0) is 13.6.